The van der Waals surface area contributed by atoms with Crippen molar-refractivity contribution in [2.24, 2.45) is 0 Å². The molecule has 0 radical (unpaired) electrons. The fourth-order valence-corrected chi connectivity index (χ4v) is 1.77. The molecule has 3 N–H and O–H groups in total. The van der Waals surface area contributed by atoms with Crippen LogP contribution in [0.4, 0.5) is 0 Å². The average molecular weight is 257 g/mol. The molecule has 0 aliphatic carbocycles. The van der Waals surface area contributed by atoms with Crippen molar-refractivity contribution >= 4 is 15.9 Å². The van der Waals surface area contributed by atoms with E-state index in [-0.39, 0.29) is 0 Å². The highest BCUT2D eigenvalue weighted by Gasteiger charge is 2.43. The van der Waals surface area contributed by atoms with Crippen LogP contribution in [0.25, 0.3) is 0 Å². The molecule has 78 valence electrons. The van der Waals surface area contributed by atoms with Crippen LogP contribution in [0.2, 0.25) is 0 Å². The fourth-order valence-electron chi connectivity index (χ4n) is 1.24. The predicted molar refractivity (Wildman–Crippen MR) is 47.5 cm³/mol. The van der Waals surface area contributed by atoms with Gasteiger partial charge >= 0.3 is 0 Å². The highest BCUT2D eigenvalue weighted by Crippen LogP contribution is 2.22. The molecule has 0 aromatic heterocycles. The van der Waals surface area contributed by atoms with E-state index in [2.05, 4.69) is 15.9 Å². The van der Waals surface area contributed by atoms with Gasteiger partial charge in [-0.05, 0) is 0 Å². The summed E-state index contributed by atoms with van der Waals surface area (Å²) < 4.78 is 9.94. The Labute approximate surface area is 84.4 Å². The summed E-state index contributed by atoms with van der Waals surface area (Å²) in [6, 6.07) is 0. The van der Waals surface area contributed by atoms with Crippen LogP contribution < -0.4 is 0 Å². The molecule has 5 atom stereocenters. The van der Waals surface area contributed by atoms with Crippen LogP contribution >= 0.6 is 15.9 Å². The second-order valence-electron chi connectivity index (χ2n) is 2.90. The summed E-state index contributed by atoms with van der Waals surface area (Å²) in [5.74, 6) is 0. The van der Waals surface area contributed by atoms with Crippen LogP contribution in [-0.2, 0) is 9.47 Å². The first-order valence-electron chi connectivity index (χ1n) is 3.90. The normalized spacial score (nSPS) is 46.4. The minimum Gasteiger partial charge on any atom is -0.388 e. The zero-order chi connectivity index (χ0) is 10.0. The molecule has 1 rings (SSSR count). The van der Waals surface area contributed by atoms with Crippen molar-refractivity contribution < 1.29 is 24.8 Å². The Hall–Kier alpha value is 0.280. The number of hydrogen-bond donors (Lipinski definition) is 3. The zero-order valence-electron chi connectivity index (χ0n) is 7.13. The lowest BCUT2D eigenvalue weighted by atomic mass is 10.0. The van der Waals surface area contributed by atoms with E-state index in [1.807, 2.05) is 0 Å². The van der Waals surface area contributed by atoms with E-state index in [9.17, 15) is 15.3 Å². The quantitative estimate of drug-likeness (QED) is 0.543. The lowest BCUT2D eigenvalue weighted by molar-refractivity contribution is -0.284. The molecule has 1 aliphatic rings. The molecule has 1 fully saturated rings. The van der Waals surface area contributed by atoms with Gasteiger partial charge in [-0.15, -0.1) is 0 Å². The third-order valence-corrected chi connectivity index (χ3v) is 2.69. The van der Waals surface area contributed by atoms with Crippen LogP contribution in [0.1, 0.15) is 0 Å². The summed E-state index contributed by atoms with van der Waals surface area (Å²) in [7, 11) is 1.36. The van der Waals surface area contributed by atoms with Crippen LogP contribution in [0.3, 0.4) is 0 Å². The minimum absolute atomic E-state index is 0.373. The number of ether oxygens (including phenoxy) is 2. The van der Waals surface area contributed by atoms with Crippen LogP contribution in [0, 0.1) is 0 Å². The molecule has 0 aromatic rings. The first-order valence-corrected chi connectivity index (χ1v) is 5.02. The number of hydrogen-bond acceptors (Lipinski definition) is 5. The Bertz CT molecular complexity index is 147. The van der Waals surface area contributed by atoms with Gasteiger partial charge in [-0.25, -0.2) is 0 Å². The van der Waals surface area contributed by atoms with Crippen molar-refractivity contribution in [3.05, 3.63) is 0 Å². The number of aliphatic hydroxyl groups is 3. The van der Waals surface area contributed by atoms with Crippen molar-refractivity contribution in [3.8, 4) is 0 Å². The van der Waals surface area contributed by atoms with E-state index in [0.717, 1.165) is 0 Å². The Balaban J connectivity index is 2.66. The lowest BCUT2D eigenvalue weighted by Crippen LogP contribution is -2.58. The molecule has 0 amide bonds. The monoisotopic (exact) mass is 256 g/mol. The van der Waals surface area contributed by atoms with E-state index >= 15 is 0 Å². The molecule has 5 nitrogen and oxygen atoms in total. The molecule has 1 saturated heterocycles. The van der Waals surface area contributed by atoms with Crippen molar-refractivity contribution in [2.75, 3.05) is 12.4 Å². The maximum Gasteiger partial charge on any atom is 0.186 e. The highest BCUT2D eigenvalue weighted by molar-refractivity contribution is 9.09. The van der Waals surface area contributed by atoms with Gasteiger partial charge in [0.15, 0.2) is 6.29 Å². The molecule has 1 heterocycles. The number of methoxy groups -OCH3 is 1. The Kier molecular flexibility index (Phi) is 4.08. The zero-order valence-corrected chi connectivity index (χ0v) is 8.72. The third kappa shape index (κ3) is 2.20. The van der Waals surface area contributed by atoms with Gasteiger partial charge in [0.05, 0.1) is 6.10 Å². The molecule has 6 heteroatoms. The third-order valence-electron chi connectivity index (χ3n) is 2.05. The van der Waals surface area contributed by atoms with Crippen molar-refractivity contribution in [1.82, 2.24) is 0 Å². The number of halogens is 1. The van der Waals surface area contributed by atoms with Crippen LogP contribution in [0.5, 0.6) is 0 Å². The lowest BCUT2D eigenvalue weighted by Gasteiger charge is -2.39. The predicted octanol–water partition coefficient (Wildman–Crippen LogP) is -1.16. The molecule has 1 aliphatic heterocycles. The Morgan fingerprint density at radius 1 is 1.23 bits per heavy atom. The fraction of sp³-hybridized carbons (Fsp3) is 1.00. The van der Waals surface area contributed by atoms with Crippen LogP contribution in [-0.4, -0.2) is 58.5 Å². The van der Waals surface area contributed by atoms with Gasteiger partial charge in [0.1, 0.15) is 18.3 Å². The summed E-state index contributed by atoms with van der Waals surface area (Å²) in [4.78, 5) is 0. The smallest absolute Gasteiger partial charge is 0.186 e. The van der Waals surface area contributed by atoms with Crippen molar-refractivity contribution in [2.45, 2.75) is 30.7 Å². The van der Waals surface area contributed by atoms with Crippen molar-refractivity contribution in [1.29, 1.82) is 0 Å². The number of rotatable bonds is 2. The van der Waals surface area contributed by atoms with E-state index < -0.39 is 30.7 Å². The van der Waals surface area contributed by atoms with Gasteiger partial charge in [-0.3, -0.25) is 0 Å². The topological polar surface area (TPSA) is 79.2 Å². The molecule has 1 unspecified atom stereocenters. The molecular formula is C7H13BrO5. The van der Waals surface area contributed by atoms with Gasteiger partial charge in [-0.1, -0.05) is 15.9 Å². The summed E-state index contributed by atoms with van der Waals surface area (Å²) in [5, 5.41) is 28.5. The molecule has 0 bridgehead atoms. The van der Waals surface area contributed by atoms with Gasteiger partial charge in [0.2, 0.25) is 0 Å². The van der Waals surface area contributed by atoms with E-state index in [0.29, 0.717) is 5.33 Å². The molecule has 0 aromatic carbocycles. The molecule has 0 spiro atoms. The first-order chi connectivity index (χ1) is 6.11. The van der Waals surface area contributed by atoms with Gasteiger partial charge in [0.25, 0.3) is 0 Å². The highest BCUT2D eigenvalue weighted by atomic mass is 79.9. The molecule has 13 heavy (non-hydrogen) atoms. The van der Waals surface area contributed by atoms with Gasteiger partial charge < -0.3 is 24.8 Å². The Morgan fingerprint density at radius 2 is 1.85 bits per heavy atom. The first kappa shape index (κ1) is 11.4. The average Bonchev–Trinajstić information content (AvgIpc) is 2.15. The summed E-state index contributed by atoms with van der Waals surface area (Å²) in [6.07, 6.45) is -5.00. The second-order valence-corrected chi connectivity index (χ2v) is 3.55. The summed E-state index contributed by atoms with van der Waals surface area (Å²) in [6.45, 7) is 0. The number of aliphatic hydroxyl groups excluding tert-OH is 3. The van der Waals surface area contributed by atoms with E-state index in [4.69, 9.17) is 9.47 Å². The maximum atomic E-state index is 9.40. The van der Waals surface area contributed by atoms with Gasteiger partial charge in [-0.2, -0.15) is 0 Å². The van der Waals surface area contributed by atoms with Crippen LogP contribution in [0.15, 0.2) is 0 Å². The maximum absolute atomic E-state index is 9.40. The summed E-state index contributed by atoms with van der Waals surface area (Å²) in [5.41, 5.74) is 0. The SMILES string of the molecule is CO[C@H]1OC(CBr)[C@@H](O)[C@H](O)[C@H]1O. The molecular weight excluding hydrogens is 244 g/mol. The van der Waals surface area contributed by atoms with Gasteiger partial charge in [0, 0.05) is 12.4 Å². The second kappa shape index (κ2) is 4.68. The van der Waals surface area contributed by atoms with E-state index in [1.165, 1.54) is 7.11 Å². The minimum atomic E-state index is -1.23. The number of alkyl halides is 1. The molecule has 0 saturated carbocycles. The largest absolute Gasteiger partial charge is 0.388 e. The van der Waals surface area contributed by atoms with Crippen molar-refractivity contribution in [3.63, 3.8) is 0 Å². The summed E-state index contributed by atoms with van der Waals surface area (Å²) >= 11 is 3.12. The standard InChI is InChI=1S/C7H13BrO5/c1-12-7-6(11)5(10)4(9)3(2-8)13-7/h3-7,9-11H,2H2,1H3/t3?,4-,5+,6-,7+/m1/s1. The van der Waals surface area contributed by atoms with E-state index in [1.54, 1.807) is 0 Å². The Morgan fingerprint density at radius 3 is 2.31 bits per heavy atom.